The van der Waals surface area contributed by atoms with Crippen molar-refractivity contribution in [2.24, 2.45) is 5.84 Å². The first-order chi connectivity index (χ1) is 6.72. The van der Waals surface area contributed by atoms with Gasteiger partial charge in [-0.2, -0.15) is 0 Å². The van der Waals surface area contributed by atoms with Gasteiger partial charge in [-0.1, -0.05) is 11.8 Å². The molecule has 0 aromatic carbocycles. The zero-order valence-electron chi connectivity index (χ0n) is 7.32. The van der Waals surface area contributed by atoms with E-state index in [2.05, 4.69) is 9.97 Å². The van der Waals surface area contributed by atoms with Crippen molar-refractivity contribution in [3.05, 3.63) is 22.6 Å². The first kappa shape index (κ1) is 10.7. The Balaban J connectivity index is 2.39. The summed E-state index contributed by atoms with van der Waals surface area (Å²) in [6, 6.07) is 1.33. The molecule has 0 aliphatic heterocycles. The zero-order chi connectivity index (χ0) is 10.4. The molecule has 0 aliphatic rings. The molecule has 0 radical (unpaired) electrons. The summed E-state index contributed by atoms with van der Waals surface area (Å²) in [5.74, 6) is 5.18. The maximum absolute atomic E-state index is 10.8. The van der Waals surface area contributed by atoms with Crippen molar-refractivity contribution in [3.8, 4) is 0 Å². The number of hydrogen-bond acceptors (Lipinski definition) is 5. The summed E-state index contributed by atoms with van der Waals surface area (Å²) >= 11 is 1.30. The summed E-state index contributed by atoms with van der Waals surface area (Å²) in [7, 11) is 0. The second kappa shape index (κ2) is 5.40. The highest BCUT2D eigenvalue weighted by Crippen LogP contribution is 2.10. The third-order valence-corrected chi connectivity index (χ3v) is 2.27. The van der Waals surface area contributed by atoms with Gasteiger partial charge in [0.15, 0.2) is 5.16 Å². The van der Waals surface area contributed by atoms with E-state index in [1.54, 1.807) is 0 Å². The van der Waals surface area contributed by atoms with E-state index >= 15 is 0 Å². The van der Waals surface area contributed by atoms with Gasteiger partial charge in [0, 0.05) is 24.4 Å². The highest BCUT2D eigenvalue weighted by molar-refractivity contribution is 7.99. The molecular weight excluding hydrogens is 204 g/mol. The summed E-state index contributed by atoms with van der Waals surface area (Å²) in [4.78, 5) is 28.0. The zero-order valence-corrected chi connectivity index (χ0v) is 8.13. The van der Waals surface area contributed by atoms with Crippen LogP contribution >= 0.6 is 11.8 Å². The third kappa shape index (κ3) is 3.58. The summed E-state index contributed by atoms with van der Waals surface area (Å²) in [5, 5.41) is 0.502. The molecule has 1 aromatic rings. The Morgan fingerprint density at radius 1 is 1.71 bits per heavy atom. The molecule has 0 spiro atoms. The Morgan fingerprint density at radius 2 is 2.50 bits per heavy atom. The lowest BCUT2D eigenvalue weighted by Gasteiger charge is -1.99. The van der Waals surface area contributed by atoms with Gasteiger partial charge in [0.05, 0.1) is 0 Å². The highest BCUT2D eigenvalue weighted by Gasteiger charge is 2.00. The predicted molar refractivity (Wildman–Crippen MR) is 52.5 cm³/mol. The van der Waals surface area contributed by atoms with E-state index in [9.17, 15) is 9.59 Å². The van der Waals surface area contributed by atoms with Crippen LogP contribution in [0, 0.1) is 0 Å². The van der Waals surface area contributed by atoms with Gasteiger partial charge in [0.25, 0.3) is 5.56 Å². The molecule has 0 unspecified atom stereocenters. The first-order valence-corrected chi connectivity index (χ1v) is 4.88. The standard InChI is InChI=1S/C7H10N4O2S/c8-11-6(13)2-4-14-7-9-3-1-5(12)10-7/h1,3H,2,4,8H2,(H,11,13)(H,9,10,12). The fourth-order valence-corrected chi connectivity index (χ4v) is 1.53. The molecule has 0 bridgehead atoms. The number of carbonyl (C=O) groups is 1. The molecule has 7 heteroatoms. The van der Waals surface area contributed by atoms with Crippen molar-refractivity contribution in [3.63, 3.8) is 0 Å². The molecule has 0 saturated carbocycles. The Labute approximate surface area is 84.3 Å². The van der Waals surface area contributed by atoms with E-state index in [0.717, 1.165) is 0 Å². The van der Waals surface area contributed by atoms with Crippen molar-refractivity contribution in [2.75, 3.05) is 5.75 Å². The van der Waals surface area contributed by atoms with Crippen LogP contribution in [0.3, 0.4) is 0 Å². The minimum absolute atomic E-state index is 0.203. The molecule has 6 nitrogen and oxygen atoms in total. The second-order valence-electron chi connectivity index (χ2n) is 2.41. The summed E-state index contributed by atoms with van der Waals surface area (Å²) in [6.07, 6.45) is 1.71. The van der Waals surface area contributed by atoms with Crippen LogP contribution in [0.2, 0.25) is 0 Å². The Bertz CT molecular complexity index is 365. The van der Waals surface area contributed by atoms with Gasteiger partial charge >= 0.3 is 0 Å². The predicted octanol–water partition coefficient (Wildman–Crippen LogP) is -0.758. The van der Waals surface area contributed by atoms with Gasteiger partial charge in [0.2, 0.25) is 5.91 Å². The van der Waals surface area contributed by atoms with Crippen molar-refractivity contribution in [1.29, 1.82) is 0 Å². The third-order valence-electron chi connectivity index (χ3n) is 1.38. The molecular formula is C7H10N4O2S. The number of carbonyl (C=O) groups excluding carboxylic acids is 1. The van der Waals surface area contributed by atoms with E-state index in [1.165, 1.54) is 24.0 Å². The van der Waals surface area contributed by atoms with Crippen LogP contribution in [0.1, 0.15) is 6.42 Å². The number of rotatable bonds is 4. The molecule has 0 saturated heterocycles. The van der Waals surface area contributed by atoms with Crippen LogP contribution in [0.4, 0.5) is 0 Å². The summed E-state index contributed by atoms with van der Waals surface area (Å²) < 4.78 is 0. The molecule has 0 atom stereocenters. The maximum atomic E-state index is 10.8. The molecule has 76 valence electrons. The molecule has 0 aliphatic carbocycles. The number of nitrogens with zero attached hydrogens (tertiary/aromatic N) is 1. The first-order valence-electron chi connectivity index (χ1n) is 3.90. The van der Waals surface area contributed by atoms with Crippen molar-refractivity contribution < 1.29 is 4.79 Å². The molecule has 1 aromatic heterocycles. The van der Waals surface area contributed by atoms with Crippen LogP contribution in [0.5, 0.6) is 0 Å². The monoisotopic (exact) mass is 214 g/mol. The number of amides is 1. The molecule has 1 heterocycles. The lowest BCUT2D eigenvalue weighted by molar-refractivity contribution is -0.120. The SMILES string of the molecule is NNC(=O)CCSc1nccc(=O)[nH]1. The van der Waals surface area contributed by atoms with Crippen LogP contribution in [0.25, 0.3) is 0 Å². The highest BCUT2D eigenvalue weighted by atomic mass is 32.2. The summed E-state index contributed by atoms with van der Waals surface area (Å²) in [6.45, 7) is 0. The average molecular weight is 214 g/mol. The molecule has 4 N–H and O–H groups in total. The quantitative estimate of drug-likeness (QED) is 0.201. The number of nitrogens with two attached hydrogens (primary N) is 1. The number of nitrogens with one attached hydrogen (secondary N) is 2. The van der Waals surface area contributed by atoms with Crippen LogP contribution in [0.15, 0.2) is 22.2 Å². The minimum atomic E-state index is -0.240. The molecule has 0 fully saturated rings. The van der Waals surface area contributed by atoms with Gasteiger partial charge in [-0.15, -0.1) is 0 Å². The van der Waals surface area contributed by atoms with Crippen LogP contribution in [-0.4, -0.2) is 21.6 Å². The minimum Gasteiger partial charge on any atom is -0.301 e. The smallest absolute Gasteiger partial charge is 0.251 e. The fraction of sp³-hybridized carbons (Fsp3) is 0.286. The Kier molecular flexibility index (Phi) is 4.14. The normalized spacial score (nSPS) is 9.79. The van der Waals surface area contributed by atoms with Crippen LogP contribution < -0.4 is 16.8 Å². The topological polar surface area (TPSA) is 101 Å². The molecule has 1 amide bonds. The lowest BCUT2D eigenvalue weighted by Crippen LogP contribution is -2.30. The number of H-pyrrole nitrogens is 1. The molecule has 14 heavy (non-hydrogen) atoms. The number of hydrazine groups is 1. The van der Waals surface area contributed by atoms with E-state index in [4.69, 9.17) is 5.84 Å². The number of hydrogen-bond donors (Lipinski definition) is 3. The Hall–Kier alpha value is -1.34. The largest absolute Gasteiger partial charge is 0.301 e. The number of aromatic amines is 1. The average Bonchev–Trinajstić information content (AvgIpc) is 2.17. The van der Waals surface area contributed by atoms with Crippen molar-refractivity contribution in [2.45, 2.75) is 11.6 Å². The number of aromatic nitrogens is 2. The summed E-state index contributed by atoms with van der Waals surface area (Å²) in [5.41, 5.74) is 1.82. The second-order valence-corrected chi connectivity index (χ2v) is 3.49. The van der Waals surface area contributed by atoms with E-state index in [1.807, 2.05) is 5.43 Å². The van der Waals surface area contributed by atoms with Crippen molar-refractivity contribution >= 4 is 17.7 Å². The lowest BCUT2D eigenvalue weighted by atomic mass is 10.5. The van der Waals surface area contributed by atoms with Gasteiger partial charge in [-0.05, 0) is 0 Å². The van der Waals surface area contributed by atoms with Gasteiger partial charge in [0.1, 0.15) is 0 Å². The Morgan fingerprint density at radius 3 is 3.14 bits per heavy atom. The maximum Gasteiger partial charge on any atom is 0.251 e. The van der Waals surface area contributed by atoms with Crippen molar-refractivity contribution in [1.82, 2.24) is 15.4 Å². The van der Waals surface area contributed by atoms with Gasteiger partial charge in [-0.25, -0.2) is 10.8 Å². The van der Waals surface area contributed by atoms with E-state index < -0.39 is 0 Å². The van der Waals surface area contributed by atoms with Gasteiger partial charge in [-0.3, -0.25) is 15.0 Å². The number of thioether (sulfide) groups is 1. The van der Waals surface area contributed by atoms with E-state index in [0.29, 0.717) is 17.3 Å². The van der Waals surface area contributed by atoms with E-state index in [-0.39, 0.29) is 11.5 Å². The van der Waals surface area contributed by atoms with Crippen LogP contribution in [-0.2, 0) is 4.79 Å². The fourth-order valence-electron chi connectivity index (χ4n) is 0.738. The van der Waals surface area contributed by atoms with Gasteiger partial charge < -0.3 is 4.98 Å². The molecule has 1 rings (SSSR count).